The molecule has 2 unspecified atom stereocenters. The average molecular weight is 281 g/mol. The molecule has 1 fully saturated rings. The van der Waals surface area contributed by atoms with E-state index in [1.54, 1.807) is 0 Å². The molecule has 19 heavy (non-hydrogen) atoms. The second kappa shape index (κ2) is 5.60. The summed E-state index contributed by atoms with van der Waals surface area (Å²) < 4.78 is 43.3. The molecule has 0 aromatic rings. The number of nitrogens with one attached hydrogen (secondary N) is 1. The molecule has 0 spiro atoms. The van der Waals surface area contributed by atoms with Gasteiger partial charge < -0.3 is 10.1 Å². The third-order valence-corrected chi connectivity index (χ3v) is 3.83. The van der Waals surface area contributed by atoms with Crippen LogP contribution in [0.25, 0.3) is 0 Å². The molecule has 0 aliphatic carbocycles. The maximum absolute atomic E-state index is 12.4. The first-order chi connectivity index (χ1) is 8.47. The van der Waals surface area contributed by atoms with Gasteiger partial charge in [0.1, 0.15) is 0 Å². The van der Waals surface area contributed by atoms with Crippen LogP contribution in [0, 0.1) is 5.92 Å². The quantitative estimate of drug-likeness (QED) is 0.825. The number of ether oxygens (including phenoxy) is 1. The highest BCUT2D eigenvalue weighted by Crippen LogP contribution is 2.44. The normalized spacial score (nSPS) is 27.5. The van der Waals surface area contributed by atoms with Crippen LogP contribution < -0.4 is 5.32 Å². The highest BCUT2D eigenvalue weighted by atomic mass is 19.4. The summed E-state index contributed by atoms with van der Waals surface area (Å²) in [6, 6.07) is -0.150. The maximum atomic E-state index is 12.4. The minimum absolute atomic E-state index is 0.102. The van der Waals surface area contributed by atoms with E-state index in [-0.39, 0.29) is 29.6 Å². The predicted octanol–water partition coefficient (Wildman–Crippen LogP) is 3.90. The van der Waals surface area contributed by atoms with E-state index in [9.17, 15) is 13.2 Å². The van der Waals surface area contributed by atoms with Crippen LogP contribution in [0.4, 0.5) is 13.2 Å². The van der Waals surface area contributed by atoms with Crippen molar-refractivity contribution in [3.05, 3.63) is 0 Å². The Morgan fingerprint density at radius 2 is 1.84 bits per heavy atom. The molecule has 0 radical (unpaired) electrons. The first kappa shape index (κ1) is 16.8. The lowest BCUT2D eigenvalue weighted by atomic mass is 9.80. The van der Waals surface area contributed by atoms with Crippen LogP contribution >= 0.6 is 0 Å². The summed E-state index contributed by atoms with van der Waals surface area (Å²) in [7, 11) is 0. The average Bonchev–Trinajstić information content (AvgIpc) is 2.40. The third kappa shape index (κ3) is 4.95. The fraction of sp³-hybridized carbons (Fsp3) is 1.00. The van der Waals surface area contributed by atoms with Gasteiger partial charge in [0.05, 0.1) is 11.2 Å². The van der Waals surface area contributed by atoms with Gasteiger partial charge in [-0.3, -0.25) is 0 Å². The number of rotatable bonds is 5. The van der Waals surface area contributed by atoms with Gasteiger partial charge in [-0.1, -0.05) is 6.92 Å². The van der Waals surface area contributed by atoms with E-state index in [1.807, 2.05) is 34.6 Å². The Morgan fingerprint density at radius 1 is 1.26 bits per heavy atom. The Morgan fingerprint density at radius 3 is 2.21 bits per heavy atom. The summed E-state index contributed by atoms with van der Waals surface area (Å²) >= 11 is 0. The minimum Gasteiger partial charge on any atom is -0.369 e. The van der Waals surface area contributed by atoms with Crippen LogP contribution in [0.15, 0.2) is 0 Å². The van der Waals surface area contributed by atoms with Gasteiger partial charge >= 0.3 is 6.18 Å². The molecule has 2 nitrogen and oxygen atoms in total. The van der Waals surface area contributed by atoms with Gasteiger partial charge in [-0.15, -0.1) is 0 Å². The molecule has 1 aliphatic rings. The van der Waals surface area contributed by atoms with Crippen LogP contribution in [0.2, 0.25) is 0 Å². The van der Waals surface area contributed by atoms with E-state index in [0.717, 1.165) is 6.42 Å². The fourth-order valence-corrected chi connectivity index (χ4v) is 3.26. The zero-order chi connectivity index (χ0) is 14.9. The summed E-state index contributed by atoms with van der Waals surface area (Å²) in [5, 5.41) is 3.21. The van der Waals surface area contributed by atoms with E-state index < -0.39 is 12.6 Å². The van der Waals surface area contributed by atoms with E-state index in [1.165, 1.54) is 0 Å². The number of hydrogen-bond donors (Lipinski definition) is 1. The summed E-state index contributed by atoms with van der Waals surface area (Å²) in [6.45, 7) is 10.6. The van der Waals surface area contributed by atoms with Gasteiger partial charge in [0.15, 0.2) is 0 Å². The first-order valence-electron chi connectivity index (χ1n) is 6.97. The summed E-state index contributed by atoms with van der Waals surface area (Å²) in [6.07, 6.45) is -3.93. The van der Waals surface area contributed by atoms with Gasteiger partial charge in [-0.2, -0.15) is 13.2 Å². The Hall–Kier alpha value is -0.290. The largest absolute Gasteiger partial charge is 0.389 e. The Bertz CT molecular complexity index is 300. The summed E-state index contributed by atoms with van der Waals surface area (Å²) in [4.78, 5) is 0. The lowest BCUT2D eigenvalue weighted by Crippen LogP contribution is -2.44. The van der Waals surface area contributed by atoms with Crippen molar-refractivity contribution in [1.29, 1.82) is 0 Å². The molecule has 2 atom stereocenters. The Labute approximate surface area is 114 Å². The summed E-state index contributed by atoms with van der Waals surface area (Å²) in [5.74, 6) is 0.102. The Balaban J connectivity index is 2.75. The highest BCUT2D eigenvalue weighted by molar-refractivity contribution is 4.99. The van der Waals surface area contributed by atoms with E-state index in [4.69, 9.17) is 4.74 Å². The molecular formula is C14H26F3NO. The van der Waals surface area contributed by atoms with Crippen molar-refractivity contribution in [2.45, 2.75) is 77.3 Å². The van der Waals surface area contributed by atoms with Crippen LogP contribution in [0.5, 0.6) is 0 Å². The summed E-state index contributed by atoms with van der Waals surface area (Å²) in [5.41, 5.74) is -0.651. The fourth-order valence-electron chi connectivity index (χ4n) is 3.26. The predicted molar refractivity (Wildman–Crippen MR) is 70.1 cm³/mol. The topological polar surface area (TPSA) is 21.3 Å². The SMILES string of the molecule is CCNC(CCC(F)(F)F)C1CC(C)(C)OC1(C)C. The molecular weight excluding hydrogens is 255 g/mol. The van der Waals surface area contributed by atoms with Crippen molar-refractivity contribution in [1.82, 2.24) is 5.32 Å². The number of alkyl halides is 3. The molecule has 1 heterocycles. The molecule has 0 aromatic carbocycles. The van der Waals surface area contributed by atoms with Crippen molar-refractivity contribution in [3.8, 4) is 0 Å². The molecule has 0 aromatic heterocycles. The van der Waals surface area contributed by atoms with Crippen molar-refractivity contribution >= 4 is 0 Å². The number of hydrogen-bond acceptors (Lipinski definition) is 2. The standard InChI is InChI=1S/C14H26F3NO/c1-6-18-11(7-8-14(15,16)17)10-9-12(2,3)19-13(10,4)5/h10-11,18H,6-9H2,1-5H3. The van der Waals surface area contributed by atoms with Gasteiger partial charge in [0.25, 0.3) is 0 Å². The van der Waals surface area contributed by atoms with Crippen molar-refractivity contribution in [3.63, 3.8) is 0 Å². The van der Waals surface area contributed by atoms with Crippen molar-refractivity contribution < 1.29 is 17.9 Å². The van der Waals surface area contributed by atoms with Gasteiger partial charge in [-0.25, -0.2) is 0 Å². The zero-order valence-corrected chi connectivity index (χ0v) is 12.5. The van der Waals surface area contributed by atoms with E-state index in [2.05, 4.69) is 5.32 Å². The van der Waals surface area contributed by atoms with Crippen molar-refractivity contribution in [2.75, 3.05) is 6.54 Å². The smallest absolute Gasteiger partial charge is 0.369 e. The van der Waals surface area contributed by atoms with Gasteiger partial charge in [-0.05, 0) is 47.1 Å². The minimum atomic E-state index is -4.09. The molecule has 114 valence electrons. The molecule has 1 N–H and O–H groups in total. The Kier molecular flexibility index (Phi) is 4.94. The zero-order valence-electron chi connectivity index (χ0n) is 12.5. The van der Waals surface area contributed by atoms with E-state index >= 15 is 0 Å². The van der Waals surface area contributed by atoms with Crippen LogP contribution in [0.3, 0.4) is 0 Å². The molecule has 1 rings (SSSR count). The van der Waals surface area contributed by atoms with Crippen LogP contribution in [-0.2, 0) is 4.74 Å². The molecule has 0 bridgehead atoms. The molecule has 1 saturated heterocycles. The van der Waals surface area contributed by atoms with Crippen LogP contribution in [-0.4, -0.2) is 30.0 Å². The molecule has 0 saturated carbocycles. The molecule has 5 heteroatoms. The van der Waals surface area contributed by atoms with E-state index in [0.29, 0.717) is 6.54 Å². The number of halogens is 3. The van der Waals surface area contributed by atoms with Gasteiger partial charge in [0.2, 0.25) is 0 Å². The van der Waals surface area contributed by atoms with Crippen molar-refractivity contribution in [2.24, 2.45) is 5.92 Å². The monoisotopic (exact) mass is 281 g/mol. The molecule has 1 aliphatic heterocycles. The first-order valence-corrected chi connectivity index (χ1v) is 6.97. The maximum Gasteiger partial charge on any atom is 0.389 e. The van der Waals surface area contributed by atoms with Gasteiger partial charge in [0, 0.05) is 18.4 Å². The molecule has 0 amide bonds. The highest BCUT2D eigenvalue weighted by Gasteiger charge is 2.49. The second-order valence-corrected chi connectivity index (χ2v) is 6.59. The lowest BCUT2D eigenvalue weighted by molar-refractivity contribution is -0.138. The third-order valence-electron chi connectivity index (χ3n) is 3.83. The van der Waals surface area contributed by atoms with Crippen LogP contribution in [0.1, 0.15) is 53.9 Å². The lowest BCUT2D eigenvalue weighted by Gasteiger charge is -2.33. The second-order valence-electron chi connectivity index (χ2n) is 6.59.